The summed E-state index contributed by atoms with van der Waals surface area (Å²) in [6.45, 7) is 0. The number of fused-ring (bicyclic) bond motifs is 3. The molecule has 1 aliphatic rings. The summed E-state index contributed by atoms with van der Waals surface area (Å²) in [6, 6.07) is 15.3. The van der Waals surface area contributed by atoms with E-state index in [4.69, 9.17) is 5.73 Å². The number of nitrogens with two attached hydrogens (primary N) is 1. The van der Waals surface area contributed by atoms with Crippen LogP contribution in [-0.2, 0) is 0 Å². The number of hydrogen-bond donors (Lipinski definition) is 1. The molecule has 0 saturated carbocycles. The van der Waals surface area contributed by atoms with Crippen LogP contribution in [0.5, 0.6) is 0 Å². The van der Waals surface area contributed by atoms with E-state index in [0.29, 0.717) is 0 Å². The Labute approximate surface area is 105 Å². The molecule has 18 heavy (non-hydrogen) atoms. The molecule has 2 aromatic carbocycles. The van der Waals surface area contributed by atoms with Gasteiger partial charge in [0.1, 0.15) is 0 Å². The molecule has 3 nitrogen and oxygen atoms in total. The summed E-state index contributed by atoms with van der Waals surface area (Å²) in [5.41, 5.74) is 9.43. The Balaban J connectivity index is 2.31. The first-order valence-electron chi connectivity index (χ1n) is 5.72. The Morgan fingerprint density at radius 1 is 0.944 bits per heavy atom. The van der Waals surface area contributed by atoms with Crippen LogP contribution in [0.1, 0.15) is 5.56 Å². The SMILES string of the molecule is NC(=O)N1C=Cc2ccccc2-c2ccccc21. The second kappa shape index (κ2) is 4.04. The lowest BCUT2D eigenvalue weighted by Gasteiger charge is -2.17. The molecular formula is C15H12N2O. The topological polar surface area (TPSA) is 46.3 Å². The highest BCUT2D eigenvalue weighted by Crippen LogP contribution is 2.36. The van der Waals surface area contributed by atoms with E-state index >= 15 is 0 Å². The first-order valence-corrected chi connectivity index (χ1v) is 5.72. The van der Waals surface area contributed by atoms with E-state index in [9.17, 15) is 4.79 Å². The molecule has 0 aliphatic carbocycles. The van der Waals surface area contributed by atoms with Crippen molar-refractivity contribution in [3.05, 3.63) is 60.3 Å². The minimum Gasteiger partial charge on any atom is -0.351 e. The first-order chi connectivity index (χ1) is 8.77. The van der Waals surface area contributed by atoms with Crippen molar-refractivity contribution in [2.75, 3.05) is 4.90 Å². The fourth-order valence-electron chi connectivity index (χ4n) is 2.23. The van der Waals surface area contributed by atoms with Crippen LogP contribution in [0, 0.1) is 0 Å². The summed E-state index contributed by atoms with van der Waals surface area (Å²) < 4.78 is 0. The molecule has 1 heterocycles. The molecule has 3 rings (SSSR count). The largest absolute Gasteiger partial charge is 0.351 e. The predicted molar refractivity (Wildman–Crippen MR) is 73.0 cm³/mol. The highest BCUT2D eigenvalue weighted by molar-refractivity contribution is 6.00. The van der Waals surface area contributed by atoms with Crippen molar-refractivity contribution < 1.29 is 4.79 Å². The van der Waals surface area contributed by atoms with Crippen LogP contribution in [0.4, 0.5) is 10.5 Å². The Morgan fingerprint density at radius 2 is 1.61 bits per heavy atom. The molecule has 0 fully saturated rings. The number of para-hydroxylation sites is 1. The molecule has 2 aromatic rings. The predicted octanol–water partition coefficient (Wildman–Crippen LogP) is 3.22. The van der Waals surface area contributed by atoms with E-state index in [2.05, 4.69) is 0 Å². The van der Waals surface area contributed by atoms with Gasteiger partial charge in [-0.1, -0.05) is 42.5 Å². The molecule has 2 amide bonds. The number of hydrogen-bond acceptors (Lipinski definition) is 1. The third-order valence-corrected chi connectivity index (χ3v) is 3.06. The zero-order valence-corrected chi connectivity index (χ0v) is 9.71. The number of anilines is 1. The van der Waals surface area contributed by atoms with Crippen molar-refractivity contribution in [1.29, 1.82) is 0 Å². The van der Waals surface area contributed by atoms with Gasteiger partial charge >= 0.3 is 6.03 Å². The van der Waals surface area contributed by atoms with E-state index in [-0.39, 0.29) is 0 Å². The van der Waals surface area contributed by atoms with Crippen molar-refractivity contribution in [1.82, 2.24) is 0 Å². The van der Waals surface area contributed by atoms with Crippen molar-refractivity contribution in [3.63, 3.8) is 0 Å². The van der Waals surface area contributed by atoms with Crippen LogP contribution in [-0.4, -0.2) is 6.03 Å². The first kappa shape index (κ1) is 10.6. The van der Waals surface area contributed by atoms with Gasteiger partial charge in [-0.15, -0.1) is 0 Å². The number of nitrogens with zero attached hydrogens (tertiary/aromatic N) is 1. The van der Waals surface area contributed by atoms with Crippen molar-refractivity contribution in [2.24, 2.45) is 5.73 Å². The average Bonchev–Trinajstić information content (AvgIpc) is 2.56. The number of primary amides is 1. The van der Waals surface area contributed by atoms with Crippen molar-refractivity contribution in [2.45, 2.75) is 0 Å². The van der Waals surface area contributed by atoms with Gasteiger partial charge in [0.25, 0.3) is 0 Å². The van der Waals surface area contributed by atoms with Crippen molar-refractivity contribution in [3.8, 4) is 11.1 Å². The fourth-order valence-corrected chi connectivity index (χ4v) is 2.23. The normalized spacial score (nSPS) is 12.6. The molecule has 0 unspecified atom stereocenters. The van der Waals surface area contributed by atoms with Gasteiger partial charge in [-0.2, -0.15) is 0 Å². The Kier molecular flexibility index (Phi) is 2.38. The smallest absolute Gasteiger partial charge is 0.323 e. The van der Waals surface area contributed by atoms with E-state index in [1.165, 1.54) is 4.90 Å². The molecule has 0 aromatic heterocycles. The number of amides is 2. The summed E-state index contributed by atoms with van der Waals surface area (Å²) in [5, 5.41) is 0. The van der Waals surface area contributed by atoms with Crippen molar-refractivity contribution >= 4 is 17.8 Å². The lowest BCUT2D eigenvalue weighted by molar-refractivity contribution is 0.256. The van der Waals surface area contributed by atoms with Crippen LogP contribution >= 0.6 is 0 Å². The lowest BCUT2D eigenvalue weighted by atomic mass is 9.99. The number of benzene rings is 2. The molecule has 0 radical (unpaired) electrons. The quantitative estimate of drug-likeness (QED) is 0.750. The van der Waals surface area contributed by atoms with Crippen LogP contribution in [0.15, 0.2) is 54.7 Å². The van der Waals surface area contributed by atoms with Gasteiger partial charge in [0.2, 0.25) is 0 Å². The van der Waals surface area contributed by atoms with Gasteiger partial charge in [-0.25, -0.2) is 4.79 Å². The fraction of sp³-hybridized carbons (Fsp3) is 0. The van der Waals surface area contributed by atoms with Gasteiger partial charge in [0, 0.05) is 11.8 Å². The van der Waals surface area contributed by atoms with Crippen LogP contribution in [0.2, 0.25) is 0 Å². The Morgan fingerprint density at radius 3 is 2.39 bits per heavy atom. The van der Waals surface area contributed by atoms with Gasteiger partial charge in [0.15, 0.2) is 0 Å². The summed E-state index contributed by atoms with van der Waals surface area (Å²) >= 11 is 0. The minimum absolute atomic E-state index is 0.480. The highest BCUT2D eigenvalue weighted by atomic mass is 16.2. The zero-order valence-electron chi connectivity index (χ0n) is 9.71. The Hall–Kier alpha value is -2.55. The second-order valence-corrected chi connectivity index (χ2v) is 4.13. The van der Waals surface area contributed by atoms with Crippen LogP contribution in [0.3, 0.4) is 0 Å². The van der Waals surface area contributed by atoms with E-state index in [1.807, 2.05) is 54.6 Å². The molecule has 1 aliphatic heterocycles. The molecule has 0 saturated heterocycles. The van der Waals surface area contributed by atoms with E-state index in [1.54, 1.807) is 6.20 Å². The van der Waals surface area contributed by atoms with Gasteiger partial charge < -0.3 is 5.73 Å². The maximum Gasteiger partial charge on any atom is 0.323 e. The highest BCUT2D eigenvalue weighted by Gasteiger charge is 2.18. The minimum atomic E-state index is -0.480. The molecule has 0 bridgehead atoms. The summed E-state index contributed by atoms with van der Waals surface area (Å²) in [5.74, 6) is 0. The number of carbonyl (C=O) groups excluding carboxylic acids is 1. The number of carbonyl (C=O) groups is 1. The second-order valence-electron chi connectivity index (χ2n) is 4.13. The molecule has 2 N–H and O–H groups in total. The van der Waals surface area contributed by atoms with Gasteiger partial charge in [-0.05, 0) is 23.3 Å². The molecule has 0 atom stereocenters. The number of rotatable bonds is 0. The summed E-state index contributed by atoms with van der Waals surface area (Å²) in [4.78, 5) is 13.0. The van der Waals surface area contributed by atoms with E-state index in [0.717, 1.165) is 22.4 Å². The summed E-state index contributed by atoms with van der Waals surface area (Å²) in [6.07, 6.45) is 3.62. The maximum absolute atomic E-state index is 11.5. The Bertz CT molecular complexity index is 646. The summed E-state index contributed by atoms with van der Waals surface area (Å²) in [7, 11) is 0. The standard InChI is InChI=1S/C15H12N2O/c16-15(18)17-10-9-11-5-1-2-6-12(11)13-7-3-4-8-14(13)17/h1-10H,(H2,16,18). The monoisotopic (exact) mass is 236 g/mol. The van der Waals surface area contributed by atoms with Gasteiger partial charge in [-0.3, -0.25) is 4.90 Å². The molecule has 88 valence electrons. The lowest BCUT2D eigenvalue weighted by Crippen LogP contribution is -2.30. The van der Waals surface area contributed by atoms with Gasteiger partial charge in [0.05, 0.1) is 5.69 Å². The van der Waals surface area contributed by atoms with Crippen LogP contribution in [0.25, 0.3) is 17.2 Å². The molecule has 0 spiro atoms. The average molecular weight is 236 g/mol. The third kappa shape index (κ3) is 1.57. The van der Waals surface area contributed by atoms with Crippen LogP contribution < -0.4 is 10.6 Å². The molecular weight excluding hydrogens is 224 g/mol. The molecule has 3 heteroatoms. The third-order valence-electron chi connectivity index (χ3n) is 3.06. The number of urea groups is 1. The zero-order chi connectivity index (χ0) is 12.5. The van der Waals surface area contributed by atoms with E-state index < -0.39 is 6.03 Å². The maximum atomic E-state index is 11.5.